The Kier molecular flexibility index (Phi) is 17.7. The number of benzene rings is 5. The highest BCUT2D eigenvalue weighted by Crippen LogP contribution is 2.56. The van der Waals surface area contributed by atoms with E-state index in [4.69, 9.17) is 20.6 Å². The Morgan fingerprint density at radius 3 is 2.11 bits per heavy atom. The van der Waals surface area contributed by atoms with Crippen LogP contribution in [0.1, 0.15) is 55.2 Å². The second kappa shape index (κ2) is 24.0. The summed E-state index contributed by atoms with van der Waals surface area (Å²) in [4.78, 5) is 37.8. The SMILES string of the molecule is Cc1c(C(=O)O)c(-c2cccc(N3CCN(c4ccc(N5CCO[P@]5(=O)c5ccc(N[C@H](CCN6CCC(OP(=O)(O)O)CC6)CSc6ccccc6)c(S(=O)(=O)C(F)(F)F)c5)cc4)CC3)c2)c(-c2ccc(Cl)cc2)n1C(C)C. The summed E-state index contributed by atoms with van der Waals surface area (Å²) in [6.45, 7) is 9.87. The summed E-state index contributed by atoms with van der Waals surface area (Å²) in [6.07, 6.45) is 0.463. The van der Waals surface area contributed by atoms with E-state index in [0.29, 0.717) is 92.8 Å². The van der Waals surface area contributed by atoms with Crippen molar-refractivity contribution in [2.24, 2.45) is 0 Å². The van der Waals surface area contributed by atoms with Crippen molar-refractivity contribution >= 4 is 82.6 Å². The van der Waals surface area contributed by atoms with Gasteiger partial charge in [-0.1, -0.05) is 54.1 Å². The lowest BCUT2D eigenvalue weighted by Crippen LogP contribution is -2.46. The molecule has 3 aliphatic rings. The number of nitrogens with zero attached hydrogens (tertiary/aromatic N) is 5. The van der Waals surface area contributed by atoms with Crippen molar-refractivity contribution in [2.45, 2.75) is 73.5 Å². The Morgan fingerprint density at radius 2 is 1.49 bits per heavy atom. The van der Waals surface area contributed by atoms with Gasteiger partial charge in [0.2, 0.25) is 0 Å². The van der Waals surface area contributed by atoms with E-state index >= 15 is 4.57 Å². The summed E-state index contributed by atoms with van der Waals surface area (Å²) in [6, 6.07) is 34.7. The van der Waals surface area contributed by atoms with E-state index < -0.39 is 53.7 Å². The Morgan fingerprint density at radius 1 is 0.848 bits per heavy atom. The molecule has 0 saturated carbocycles. The molecule has 24 heteroatoms. The van der Waals surface area contributed by atoms with E-state index in [-0.39, 0.29) is 35.7 Å². The predicted molar refractivity (Wildman–Crippen MR) is 305 cm³/mol. The van der Waals surface area contributed by atoms with Crippen molar-refractivity contribution in [3.63, 3.8) is 0 Å². The van der Waals surface area contributed by atoms with Gasteiger partial charge in [0, 0.05) is 102 Å². The number of hydrogen-bond acceptors (Lipinski definition) is 12. The van der Waals surface area contributed by atoms with Crippen molar-refractivity contribution in [1.82, 2.24) is 9.47 Å². The van der Waals surface area contributed by atoms with Gasteiger partial charge in [-0.3, -0.25) is 13.8 Å². The second-order valence-electron chi connectivity index (χ2n) is 20.0. The Hall–Kier alpha value is -5.31. The van der Waals surface area contributed by atoms with Gasteiger partial charge < -0.3 is 44.0 Å². The highest BCUT2D eigenvalue weighted by atomic mass is 35.5. The number of phosphoric ester groups is 1. The zero-order valence-corrected chi connectivity index (χ0v) is 47.8. The lowest BCUT2D eigenvalue weighted by atomic mass is 9.96. The number of aromatic nitrogens is 1. The van der Waals surface area contributed by atoms with Crippen LogP contribution in [0.4, 0.5) is 35.9 Å². The molecular weight excluding hydrogens is 1120 g/mol. The third-order valence-electron chi connectivity index (χ3n) is 14.5. The number of sulfone groups is 1. The van der Waals surface area contributed by atoms with E-state index in [1.807, 2.05) is 99.6 Å². The highest BCUT2D eigenvalue weighted by molar-refractivity contribution is 7.99. The molecule has 0 bridgehead atoms. The molecule has 0 amide bonds. The Labute approximate surface area is 467 Å². The standard InChI is InChI=1S/C55H62ClF3N6O10P2S2/c1-37(2)65-38(3)51(54(66)67)52(53(65)39-12-14-41(56)15-13-39)40-8-7-9-45(34-40)63-30-28-62(29-31-63)43-16-18-44(19-17-43)64-32-33-74-76(64,68)47-20-21-49(50(35-47)79(72,73)55(57,58)59)60-42(36-78-48-10-5-4-6-11-48)22-25-61-26-23-46(24-27-61)75-77(69,70)71/h4-21,34-35,37,42,46,60H,22-33,36H2,1-3H3,(H,66,67)(H2,69,70,71)/t42-,76-/m1/s1. The van der Waals surface area contributed by atoms with Crippen molar-refractivity contribution in [3.05, 3.63) is 138 Å². The second-order valence-corrected chi connectivity index (χ2v) is 26.9. The predicted octanol–water partition coefficient (Wildman–Crippen LogP) is 11.6. The van der Waals surface area contributed by atoms with Crippen LogP contribution >= 0.6 is 38.7 Å². The topological polar surface area (TPSA) is 194 Å². The summed E-state index contributed by atoms with van der Waals surface area (Å²) < 4.78 is 111. The van der Waals surface area contributed by atoms with Gasteiger partial charge in [-0.2, -0.15) is 13.2 Å². The van der Waals surface area contributed by atoms with Crippen LogP contribution in [-0.2, 0) is 28.0 Å². The van der Waals surface area contributed by atoms with E-state index in [1.54, 1.807) is 24.3 Å². The zero-order valence-electron chi connectivity index (χ0n) is 43.6. The van der Waals surface area contributed by atoms with Gasteiger partial charge in [0.25, 0.3) is 9.84 Å². The molecule has 3 saturated heterocycles. The number of phosphoric acid groups is 1. The first kappa shape index (κ1) is 58.3. The molecule has 16 nitrogen and oxygen atoms in total. The quantitative estimate of drug-likeness (QED) is 0.0441. The van der Waals surface area contributed by atoms with E-state index in [1.165, 1.54) is 28.6 Å². The van der Waals surface area contributed by atoms with E-state index in [2.05, 4.69) is 24.6 Å². The minimum absolute atomic E-state index is 0.0303. The summed E-state index contributed by atoms with van der Waals surface area (Å²) in [5.41, 5.74) is 0.225. The molecule has 5 aromatic carbocycles. The largest absolute Gasteiger partial charge is 0.501 e. The van der Waals surface area contributed by atoms with Crippen molar-refractivity contribution in [3.8, 4) is 22.4 Å². The lowest BCUT2D eigenvalue weighted by Gasteiger charge is -2.37. The van der Waals surface area contributed by atoms with Crippen molar-refractivity contribution in [2.75, 3.05) is 84.5 Å². The average molecular weight is 1190 g/mol. The van der Waals surface area contributed by atoms with Crippen LogP contribution in [0.2, 0.25) is 5.02 Å². The van der Waals surface area contributed by atoms with Crippen molar-refractivity contribution < 1.29 is 59.5 Å². The number of halogens is 4. The maximum Gasteiger partial charge on any atom is 0.501 e. The van der Waals surface area contributed by atoms with Gasteiger partial charge >= 0.3 is 26.8 Å². The zero-order chi connectivity index (χ0) is 56.4. The molecule has 4 heterocycles. The third kappa shape index (κ3) is 13.1. The molecule has 3 fully saturated rings. The average Bonchev–Trinajstić information content (AvgIpc) is 4.14. The number of rotatable bonds is 19. The number of carboxylic acid groups (broad SMARTS) is 1. The summed E-state index contributed by atoms with van der Waals surface area (Å²) >= 11 is 7.71. The fraction of sp³-hybridized carbons (Fsp3) is 0.364. The first-order chi connectivity index (χ1) is 37.5. The van der Waals surface area contributed by atoms with Crippen LogP contribution in [0.25, 0.3) is 22.4 Å². The molecule has 9 rings (SSSR count). The number of alkyl halides is 3. The number of piperazine rings is 1. The monoisotopic (exact) mass is 1180 g/mol. The smallest absolute Gasteiger partial charge is 0.478 e. The summed E-state index contributed by atoms with van der Waals surface area (Å²) in [5, 5.41) is 14.0. The third-order valence-corrected chi connectivity index (χ3v) is 20.6. The molecule has 4 N–H and O–H groups in total. The number of nitrogens with one attached hydrogen (secondary N) is 1. The van der Waals surface area contributed by atoms with Crippen molar-refractivity contribution in [1.29, 1.82) is 0 Å². The minimum atomic E-state index is -6.00. The molecular formula is C55H62ClF3N6O10P2S2. The number of piperidine rings is 1. The maximum absolute atomic E-state index is 15.0. The summed E-state index contributed by atoms with van der Waals surface area (Å²) in [5.74, 6) is -0.679. The van der Waals surface area contributed by atoms with Crippen LogP contribution in [-0.4, -0.2) is 121 Å². The first-order valence-corrected chi connectivity index (χ1v) is 31.8. The molecule has 422 valence electrons. The lowest BCUT2D eigenvalue weighted by molar-refractivity contribution is -0.0435. The molecule has 1 aromatic heterocycles. The minimum Gasteiger partial charge on any atom is -0.478 e. The Balaban J connectivity index is 0.914. The molecule has 0 aliphatic carbocycles. The molecule has 3 aliphatic heterocycles. The molecule has 0 radical (unpaired) electrons. The van der Waals surface area contributed by atoms with E-state index in [9.17, 15) is 45.8 Å². The number of hydrogen-bond donors (Lipinski definition) is 4. The summed E-state index contributed by atoms with van der Waals surface area (Å²) in [7, 11) is -14.8. The number of anilines is 4. The highest BCUT2D eigenvalue weighted by Gasteiger charge is 2.49. The van der Waals surface area contributed by atoms with Gasteiger partial charge in [0.05, 0.1) is 41.5 Å². The van der Waals surface area contributed by atoms with Gasteiger partial charge in [-0.25, -0.2) is 17.8 Å². The van der Waals surface area contributed by atoms with Gasteiger partial charge in [0.15, 0.2) is 0 Å². The van der Waals surface area contributed by atoms with Crippen LogP contribution in [0.3, 0.4) is 0 Å². The molecule has 6 aromatic rings. The van der Waals surface area contributed by atoms with Crippen LogP contribution in [0, 0.1) is 6.92 Å². The Bertz CT molecular complexity index is 3360. The first-order valence-electron chi connectivity index (χ1n) is 25.8. The number of carbonyl (C=O) groups is 1. The van der Waals surface area contributed by atoms with Crippen LogP contribution in [0.15, 0.2) is 131 Å². The number of likely N-dealkylation sites (tertiary alicyclic amines) is 1. The number of thioether (sulfide) groups is 1. The van der Waals surface area contributed by atoms with Gasteiger partial charge in [0.1, 0.15) is 4.90 Å². The molecule has 79 heavy (non-hydrogen) atoms. The molecule has 0 spiro atoms. The fourth-order valence-corrected chi connectivity index (χ4v) is 15.7. The van der Waals surface area contributed by atoms with Crippen LogP contribution in [0.5, 0.6) is 0 Å². The van der Waals surface area contributed by atoms with Gasteiger partial charge in [-0.05, 0) is 130 Å². The van der Waals surface area contributed by atoms with Crippen LogP contribution < -0.4 is 25.1 Å². The van der Waals surface area contributed by atoms with Gasteiger partial charge in [-0.15, -0.1) is 11.8 Å². The van der Waals surface area contributed by atoms with E-state index in [0.717, 1.165) is 39.2 Å². The molecule has 0 unspecified atom stereocenters. The number of aromatic carboxylic acids is 1. The maximum atomic E-state index is 15.0. The fourth-order valence-electron chi connectivity index (χ4n) is 10.7. The normalized spacial score (nSPS) is 18.4. The molecule has 2 atom stereocenters. The number of carboxylic acids is 1.